The summed E-state index contributed by atoms with van der Waals surface area (Å²) in [4.78, 5) is 0. The van der Waals surface area contributed by atoms with E-state index in [1.807, 2.05) is 0 Å². The quantitative estimate of drug-likeness (QED) is 0.887. The van der Waals surface area contributed by atoms with Crippen LogP contribution in [-0.4, -0.2) is 17.4 Å². The second-order valence-electron chi connectivity index (χ2n) is 4.36. The second-order valence-corrected chi connectivity index (χ2v) is 4.80. The van der Waals surface area contributed by atoms with Crippen LogP contribution < -0.4 is 4.74 Å². The fourth-order valence-corrected chi connectivity index (χ4v) is 1.94. The number of rotatable bonds is 6. The van der Waals surface area contributed by atoms with Crippen molar-refractivity contribution in [2.45, 2.75) is 26.2 Å². The zero-order valence-electron chi connectivity index (χ0n) is 11.3. The molecule has 0 aliphatic carbocycles. The Morgan fingerprint density at radius 3 is 2.85 bits per heavy atom. The molecule has 2 rings (SSSR count). The number of hydrogen-bond donors (Lipinski definition) is 1. The van der Waals surface area contributed by atoms with Gasteiger partial charge in [0.2, 0.25) is 0 Å². The number of hydrogen-bond acceptors (Lipinski definition) is 5. The van der Waals surface area contributed by atoms with Crippen LogP contribution in [0.3, 0.4) is 0 Å². The smallest absolute Gasteiger partial charge is 0.162 e. The molecule has 0 saturated heterocycles. The van der Waals surface area contributed by atoms with Crippen molar-refractivity contribution in [2.75, 3.05) is 7.11 Å². The van der Waals surface area contributed by atoms with Gasteiger partial charge in [0.25, 0.3) is 0 Å². The number of ether oxygens (including phenoxy) is 2. The topological polar surface area (TPSA) is 64.7 Å². The average molecular weight is 298 g/mol. The van der Waals surface area contributed by atoms with E-state index >= 15 is 0 Å². The molecule has 6 heteroatoms. The summed E-state index contributed by atoms with van der Waals surface area (Å²) >= 11 is 5.91. The molecule has 20 heavy (non-hydrogen) atoms. The Bertz CT molecular complexity index is 568. The number of nitrogens with zero attached hydrogens (tertiary/aromatic N) is 1. The van der Waals surface area contributed by atoms with Crippen molar-refractivity contribution in [1.82, 2.24) is 5.16 Å². The third kappa shape index (κ3) is 3.72. The van der Waals surface area contributed by atoms with Gasteiger partial charge in [-0.05, 0) is 25.1 Å². The van der Waals surface area contributed by atoms with Crippen molar-refractivity contribution in [3.8, 4) is 5.75 Å². The van der Waals surface area contributed by atoms with Crippen molar-refractivity contribution in [1.29, 1.82) is 0 Å². The van der Waals surface area contributed by atoms with E-state index in [0.29, 0.717) is 34.4 Å². The zero-order valence-corrected chi connectivity index (χ0v) is 12.1. The molecule has 0 fully saturated rings. The van der Waals surface area contributed by atoms with Gasteiger partial charge in [-0.15, -0.1) is 0 Å². The van der Waals surface area contributed by atoms with E-state index in [4.69, 9.17) is 25.6 Å². The molecule has 1 aromatic carbocycles. The molecule has 0 aliphatic rings. The highest BCUT2D eigenvalue weighted by Crippen LogP contribution is 2.28. The summed E-state index contributed by atoms with van der Waals surface area (Å²) in [6.45, 7) is 2.27. The van der Waals surface area contributed by atoms with Gasteiger partial charge in [0, 0.05) is 23.8 Å². The maximum absolute atomic E-state index is 9.71. The number of benzene rings is 1. The van der Waals surface area contributed by atoms with Gasteiger partial charge in [0.1, 0.15) is 24.7 Å². The first-order valence-electron chi connectivity index (χ1n) is 6.14. The summed E-state index contributed by atoms with van der Waals surface area (Å²) < 4.78 is 15.7. The van der Waals surface area contributed by atoms with Crippen molar-refractivity contribution in [2.24, 2.45) is 0 Å². The molecule has 0 amide bonds. The molecule has 0 spiro atoms. The molecule has 5 nitrogen and oxygen atoms in total. The lowest BCUT2D eigenvalue weighted by molar-refractivity contribution is 0.155. The maximum atomic E-state index is 9.71. The van der Waals surface area contributed by atoms with Gasteiger partial charge < -0.3 is 19.1 Å². The van der Waals surface area contributed by atoms with Crippen molar-refractivity contribution in [3.63, 3.8) is 0 Å². The van der Waals surface area contributed by atoms with Crippen LogP contribution in [-0.2, 0) is 18.0 Å². The van der Waals surface area contributed by atoms with Gasteiger partial charge in [-0.25, -0.2) is 0 Å². The number of aliphatic hydroxyl groups excluding tert-OH is 1. The lowest BCUT2D eigenvalue weighted by Gasteiger charge is -2.12. The Labute approximate surface area is 122 Å². The Hall–Kier alpha value is -1.56. The van der Waals surface area contributed by atoms with E-state index in [9.17, 15) is 5.11 Å². The highest BCUT2D eigenvalue weighted by atomic mass is 35.5. The predicted octanol–water partition coefficient (Wildman–Crippen LogP) is 3.11. The van der Waals surface area contributed by atoms with Crippen LogP contribution in [0.1, 0.15) is 30.0 Å². The largest absolute Gasteiger partial charge is 0.487 e. The molecule has 108 valence electrons. The summed E-state index contributed by atoms with van der Waals surface area (Å²) in [5, 5.41) is 14.1. The third-order valence-corrected chi connectivity index (χ3v) is 2.93. The van der Waals surface area contributed by atoms with E-state index in [1.54, 1.807) is 38.3 Å². The van der Waals surface area contributed by atoms with Gasteiger partial charge in [-0.3, -0.25) is 0 Å². The molecule has 0 unspecified atom stereocenters. The standard InChI is InChI=1S/C14H16ClNO4/c1-9(17)13-5-10(15)3-4-14(13)19-7-11-6-12(8-18-2)20-16-11/h3-6,9,17H,7-8H2,1-2H3/t9-/m1/s1. The number of methoxy groups -OCH3 is 1. The lowest BCUT2D eigenvalue weighted by Crippen LogP contribution is -2.01. The van der Waals surface area contributed by atoms with Gasteiger partial charge in [-0.1, -0.05) is 16.8 Å². The minimum absolute atomic E-state index is 0.245. The van der Waals surface area contributed by atoms with Gasteiger partial charge in [-0.2, -0.15) is 0 Å². The van der Waals surface area contributed by atoms with Crippen molar-refractivity contribution < 1.29 is 19.1 Å². The van der Waals surface area contributed by atoms with Crippen molar-refractivity contribution >= 4 is 11.6 Å². The highest BCUT2D eigenvalue weighted by Gasteiger charge is 2.11. The molecule has 1 heterocycles. The fourth-order valence-electron chi connectivity index (χ4n) is 1.76. The summed E-state index contributed by atoms with van der Waals surface area (Å²) in [6.07, 6.45) is -0.662. The number of aromatic nitrogens is 1. The van der Waals surface area contributed by atoms with E-state index in [0.717, 1.165) is 0 Å². The molecule has 1 N–H and O–H groups in total. The molecule has 0 bridgehead atoms. The van der Waals surface area contributed by atoms with Crippen LogP contribution in [0, 0.1) is 0 Å². The summed E-state index contributed by atoms with van der Waals surface area (Å²) in [5.41, 5.74) is 1.29. The zero-order chi connectivity index (χ0) is 14.5. The summed E-state index contributed by atoms with van der Waals surface area (Å²) in [6, 6.07) is 6.88. The molecule has 1 atom stereocenters. The van der Waals surface area contributed by atoms with Crippen LogP contribution in [0.15, 0.2) is 28.8 Å². The van der Waals surface area contributed by atoms with Crippen molar-refractivity contribution in [3.05, 3.63) is 46.3 Å². The van der Waals surface area contributed by atoms with E-state index in [2.05, 4.69) is 5.16 Å². The second kappa shape index (κ2) is 6.74. The first-order valence-corrected chi connectivity index (χ1v) is 6.51. The van der Waals surface area contributed by atoms with Crippen LogP contribution in [0.4, 0.5) is 0 Å². The van der Waals surface area contributed by atoms with Gasteiger partial charge >= 0.3 is 0 Å². The number of halogens is 1. The first kappa shape index (κ1) is 14.8. The average Bonchev–Trinajstić information content (AvgIpc) is 2.85. The lowest BCUT2D eigenvalue weighted by atomic mass is 10.1. The Kier molecular flexibility index (Phi) is 5.00. The molecule has 0 radical (unpaired) electrons. The maximum Gasteiger partial charge on any atom is 0.162 e. The predicted molar refractivity (Wildman–Crippen MR) is 73.6 cm³/mol. The summed E-state index contributed by atoms with van der Waals surface area (Å²) in [5.74, 6) is 1.21. The molecule has 1 aromatic heterocycles. The molecular weight excluding hydrogens is 282 g/mol. The molecule has 0 saturated carbocycles. The fraction of sp³-hybridized carbons (Fsp3) is 0.357. The van der Waals surface area contributed by atoms with E-state index in [1.165, 1.54) is 0 Å². The highest BCUT2D eigenvalue weighted by molar-refractivity contribution is 6.30. The SMILES string of the molecule is COCc1cc(COc2ccc(Cl)cc2[C@@H](C)O)no1. The monoisotopic (exact) mass is 297 g/mol. The normalized spacial score (nSPS) is 12.4. The van der Waals surface area contributed by atoms with Gasteiger partial charge in [0.15, 0.2) is 5.76 Å². The Morgan fingerprint density at radius 2 is 2.15 bits per heavy atom. The third-order valence-electron chi connectivity index (χ3n) is 2.69. The minimum Gasteiger partial charge on any atom is -0.487 e. The van der Waals surface area contributed by atoms with Crippen LogP contribution in [0.2, 0.25) is 5.02 Å². The van der Waals surface area contributed by atoms with Gasteiger partial charge in [0.05, 0.1) is 6.10 Å². The Morgan fingerprint density at radius 1 is 1.35 bits per heavy atom. The summed E-state index contributed by atoms with van der Waals surface area (Å²) in [7, 11) is 1.58. The van der Waals surface area contributed by atoms with Crippen LogP contribution >= 0.6 is 11.6 Å². The minimum atomic E-state index is -0.662. The first-order chi connectivity index (χ1) is 9.60. The van der Waals surface area contributed by atoms with E-state index in [-0.39, 0.29) is 6.61 Å². The van der Waals surface area contributed by atoms with Crippen LogP contribution in [0.25, 0.3) is 0 Å². The van der Waals surface area contributed by atoms with Crippen LogP contribution in [0.5, 0.6) is 5.75 Å². The van der Waals surface area contributed by atoms with E-state index < -0.39 is 6.10 Å². The molecule has 2 aromatic rings. The Balaban J connectivity index is 2.06. The number of aliphatic hydroxyl groups is 1. The molecule has 0 aliphatic heterocycles. The molecular formula is C14H16ClNO4.